The Kier molecular flexibility index (Phi) is 19.5. The molecule has 0 aliphatic carbocycles. The number of carbonyl (C=O) groups excluding carboxylic acids is 3. The summed E-state index contributed by atoms with van der Waals surface area (Å²) in [6, 6.07) is 0. The van der Waals surface area contributed by atoms with Crippen molar-refractivity contribution in [1.29, 1.82) is 0 Å². The minimum absolute atomic E-state index is 0.0367. The number of hydrogen-bond acceptors (Lipinski definition) is 7. The fourth-order valence-corrected chi connectivity index (χ4v) is 4.31. The normalized spacial score (nSPS) is 12.8. The van der Waals surface area contributed by atoms with Gasteiger partial charge in [-0.2, -0.15) is 0 Å². The summed E-state index contributed by atoms with van der Waals surface area (Å²) in [5.74, 6) is -0.442. The number of aliphatic hydroxyl groups excluding tert-OH is 1. The molecular weight excluding hydrogens is 479 g/mol. The van der Waals surface area contributed by atoms with Gasteiger partial charge in [0.2, 0.25) is 11.8 Å². The maximum Gasteiger partial charge on any atom is 0.694 e. The molecule has 2 atom stereocenters. The van der Waals surface area contributed by atoms with Crippen LogP contribution in [0.2, 0.25) is 0 Å². The molecule has 0 aliphatic heterocycles. The van der Waals surface area contributed by atoms with E-state index < -0.39 is 25.7 Å². The second-order valence-corrected chi connectivity index (χ2v) is 11.0. The van der Waals surface area contributed by atoms with E-state index in [1.165, 1.54) is 70.6 Å². The first-order valence-corrected chi connectivity index (χ1v) is 14.4. The molecule has 4 N–H and O–H groups in total. The van der Waals surface area contributed by atoms with Gasteiger partial charge in [-0.3, -0.25) is 14.4 Å². The molecule has 0 heterocycles. The lowest BCUT2D eigenvalue weighted by atomic mass is 9.87. The van der Waals surface area contributed by atoms with Crippen molar-refractivity contribution < 1.29 is 33.5 Å². The van der Waals surface area contributed by atoms with E-state index in [-0.39, 0.29) is 30.6 Å². The lowest BCUT2D eigenvalue weighted by Gasteiger charge is -2.26. The molecular formula is C23H44N2O7PS+. The number of nitrogens with one attached hydrogen (secondary N) is 2. The summed E-state index contributed by atoms with van der Waals surface area (Å²) in [7, 11) is -2.82. The molecule has 198 valence electrons. The Morgan fingerprint density at radius 1 is 0.941 bits per heavy atom. The highest BCUT2D eigenvalue weighted by Crippen LogP contribution is 2.26. The van der Waals surface area contributed by atoms with E-state index in [1.54, 1.807) is 0 Å². The van der Waals surface area contributed by atoms with Gasteiger partial charge in [-0.15, -0.1) is 9.42 Å². The summed E-state index contributed by atoms with van der Waals surface area (Å²) in [4.78, 5) is 44.5. The lowest BCUT2D eigenvalue weighted by Crippen LogP contribution is -2.46. The lowest BCUT2D eigenvalue weighted by molar-refractivity contribution is -0.136. The number of rotatable bonds is 21. The van der Waals surface area contributed by atoms with Gasteiger partial charge < -0.3 is 15.7 Å². The number of thioether (sulfide) groups is 1. The van der Waals surface area contributed by atoms with E-state index in [0.717, 1.165) is 12.8 Å². The van der Waals surface area contributed by atoms with Gasteiger partial charge in [0.25, 0.3) is 0 Å². The molecule has 0 fully saturated rings. The van der Waals surface area contributed by atoms with Crippen LogP contribution in [0, 0.1) is 5.41 Å². The second kappa shape index (κ2) is 20.2. The van der Waals surface area contributed by atoms with Gasteiger partial charge >= 0.3 is 8.25 Å². The molecule has 9 nitrogen and oxygen atoms in total. The second-order valence-electron chi connectivity index (χ2n) is 9.09. The van der Waals surface area contributed by atoms with Crippen molar-refractivity contribution in [2.45, 2.75) is 97.5 Å². The van der Waals surface area contributed by atoms with Crippen molar-refractivity contribution in [2.24, 2.45) is 5.41 Å². The van der Waals surface area contributed by atoms with Crippen LogP contribution < -0.4 is 10.6 Å². The maximum absolute atomic E-state index is 12.0. The first-order valence-electron chi connectivity index (χ1n) is 12.3. The summed E-state index contributed by atoms with van der Waals surface area (Å²) in [6.45, 7) is 5.40. The zero-order valence-corrected chi connectivity index (χ0v) is 22.7. The van der Waals surface area contributed by atoms with Gasteiger partial charge in [0.15, 0.2) is 5.12 Å². The molecule has 0 radical (unpaired) electrons. The maximum atomic E-state index is 12.0. The molecule has 1 unspecified atom stereocenters. The summed E-state index contributed by atoms with van der Waals surface area (Å²) < 4.78 is 15.2. The first-order chi connectivity index (χ1) is 16.1. The van der Waals surface area contributed by atoms with Gasteiger partial charge in [-0.1, -0.05) is 83.9 Å². The van der Waals surface area contributed by atoms with Crippen LogP contribution in [0.3, 0.4) is 0 Å². The quantitative estimate of drug-likeness (QED) is 0.131. The van der Waals surface area contributed by atoms with Crippen molar-refractivity contribution in [1.82, 2.24) is 10.6 Å². The molecule has 0 aliphatic rings. The van der Waals surface area contributed by atoms with Crippen LogP contribution in [-0.4, -0.2) is 58.5 Å². The topological polar surface area (TPSA) is 142 Å². The Labute approximate surface area is 209 Å². The average molecular weight is 524 g/mol. The minimum Gasteiger partial charge on any atom is -0.383 e. The van der Waals surface area contributed by atoms with Crippen LogP contribution in [0.1, 0.15) is 91.4 Å². The van der Waals surface area contributed by atoms with Crippen LogP contribution in [0.5, 0.6) is 0 Å². The van der Waals surface area contributed by atoms with Crippen LogP contribution in [-0.2, 0) is 23.5 Å². The zero-order valence-electron chi connectivity index (χ0n) is 21.0. The van der Waals surface area contributed by atoms with Crippen LogP contribution in [0.4, 0.5) is 0 Å². The Bertz CT molecular complexity index is 620. The van der Waals surface area contributed by atoms with E-state index in [1.807, 2.05) is 0 Å². The highest BCUT2D eigenvalue weighted by atomic mass is 32.2. The Morgan fingerprint density at radius 2 is 1.53 bits per heavy atom. The molecule has 0 aromatic rings. The van der Waals surface area contributed by atoms with Crippen molar-refractivity contribution in [2.75, 3.05) is 25.4 Å². The highest BCUT2D eigenvalue weighted by molar-refractivity contribution is 8.13. The molecule has 0 spiro atoms. The van der Waals surface area contributed by atoms with E-state index in [4.69, 9.17) is 4.89 Å². The summed E-state index contributed by atoms with van der Waals surface area (Å²) in [5, 5.41) is 15.4. The fraction of sp³-hybridized carbons (Fsp3) is 0.870. The van der Waals surface area contributed by atoms with Crippen molar-refractivity contribution >= 4 is 36.9 Å². The van der Waals surface area contributed by atoms with E-state index in [0.29, 0.717) is 18.7 Å². The number of carbonyl (C=O) groups is 3. The van der Waals surface area contributed by atoms with Crippen molar-refractivity contribution in [3.63, 3.8) is 0 Å². The minimum atomic E-state index is -2.82. The van der Waals surface area contributed by atoms with E-state index in [9.17, 15) is 24.1 Å². The first kappa shape index (κ1) is 32.9. The number of hydrogen-bond donors (Lipinski definition) is 4. The molecule has 0 aromatic heterocycles. The third kappa shape index (κ3) is 18.3. The van der Waals surface area contributed by atoms with Gasteiger partial charge in [0, 0.05) is 41.7 Å². The van der Waals surface area contributed by atoms with Crippen molar-refractivity contribution in [3.05, 3.63) is 0 Å². The molecule has 0 saturated heterocycles. The molecule has 2 amide bonds. The molecule has 34 heavy (non-hydrogen) atoms. The van der Waals surface area contributed by atoms with Gasteiger partial charge in [0.05, 0.1) is 0 Å². The number of amides is 2. The SMILES string of the molecule is CCCCCCCCCCCC(=O)SCCNC(=O)CCNC(=O)[C@@H](O)C(C)(C)CO[P+](=O)O. The third-order valence-electron chi connectivity index (χ3n) is 5.36. The summed E-state index contributed by atoms with van der Waals surface area (Å²) >= 11 is 1.23. The molecule has 0 bridgehead atoms. The Morgan fingerprint density at radius 3 is 2.12 bits per heavy atom. The van der Waals surface area contributed by atoms with E-state index >= 15 is 0 Å². The Hall–Kier alpha value is -1.06. The number of unbranched alkanes of at least 4 members (excludes halogenated alkanes) is 8. The predicted molar refractivity (Wildman–Crippen MR) is 136 cm³/mol. The smallest absolute Gasteiger partial charge is 0.383 e. The highest BCUT2D eigenvalue weighted by Gasteiger charge is 2.36. The average Bonchev–Trinajstić information content (AvgIpc) is 2.78. The van der Waals surface area contributed by atoms with E-state index in [2.05, 4.69) is 22.1 Å². The largest absolute Gasteiger partial charge is 0.694 e. The molecule has 0 saturated carbocycles. The molecule has 11 heteroatoms. The predicted octanol–water partition coefficient (Wildman–Crippen LogP) is 3.84. The Balaban J connectivity index is 3.75. The molecule has 0 aromatic carbocycles. The zero-order chi connectivity index (χ0) is 25.8. The molecule has 0 rings (SSSR count). The standard InChI is InChI=1S/C23H43N2O7PS/c1-4-5-6-7-8-9-10-11-12-13-20(27)34-17-16-24-19(26)14-15-25-22(29)21(28)23(2,3)18-32-33(30)31/h21,28H,4-18H2,1-3H3,(H2-,24,25,26,29,30,31)/p+1/t21-/m1/s1. The monoisotopic (exact) mass is 523 g/mol. The number of aliphatic hydroxyl groups is 1. The summed E-state index contributed by atoms with van der Waals surface area (Å²) in [5.41, 5.74) is -1.07. The fourth-order valence-electron chi connectivity index (χ4n) is 3.15. The van der Waals surface area contributed by atoms with Gasteiger partial charge in [-0.25, -0.2) is 0 Å². The van der Waals surface area contributed by atoms with Gasteiger partial charge in [0.1, 0.15) is 12.7 Å². The van der Waals surface area contributed by atoms with Crippen molar-refractivity contribution in [3.8, 4) is 0 Å². The van der Waals surface area contributed by atoms with Crippen LogP contribution in [0.25, 0.3) is 0 Å². The van der Waals surface area contributed by atoms with Gasteiger partial charge in [-0.05, 0) is 6.42 Å². The van der Waals surface area contributed by atoms with Crippen LogP contribution in [0.15, 0.2) is 0 Å². The third-order valence-corrected chi connectivity index (χ3v) is 6.64. The van der Waals surface area contributed by atoms with Crippen LogP contribution >= 0.6 is 20.0 Å². The summed E-state index contributed by atoms with van der Waals surface area (Å²) in [6.07, 6.45) is 10.1.